The molecule has 2 rings (SSSR count). The average molecular weight is 242 g/mol. The molecule has 0 radical (unpaired) electrons. The van der Waals surface area contributed by atoms with Gasteiger partial charge in [0.15, 0.2) is 0 Å². The quantitative estimate of drug-likeness (QED) is 0.862. The smallest absolute Gasteiger partial charge is 0.142 e. The zero-order chi connectivity index (χ0) is 11.5. The molecule has 1 N–H and O–H groups in total. The Bertz CT molecular complexity index is 376. The van der Waals surface area contributed by atoms with Crippen LogP contribution in [0.15, 0.2) is 12.1 Å². The van der Waals surface area contributed by atoms with Gasteiger partial charge in [0.1, 0.15) is 5.75 Å². The molecule has 1 aliphatic rings. The first-order valence-corrected chi connectivity index (χ1v) is 5.76. The first-order valence-electron chi connectivity index (χ1n) is 5.38. The Kier molecular flexibility index (Phi) is 3.69. The standard InChI is InChI=1S/C12H16ClNO2/c1-8-3-4-9(13)12(15-2)11(8)10-7-16-6-5-14-10/h3-4,10,14H,5-7H2,1-2H3. The molecular weight excluding hydrogens is 226 g/mol. The van der Waals surface area contributed by atoms with Crippen LogP contribution in [0.3, 0.4) is 0 Å². The Morgan fingerprint density at radius 3 is 2.94 bits per heavy atom. The Balaban J connectivity index is 2.40. The summed E-state index contributed by atoms with van der Waals surface area (Å²) >= 11 is 6.13. The number of benzene rings is 1. The lowest BCUT2D eigenvalue weighted by Crippen LogP contribution is -2.35. The number of aryl methyl sites for hydroxylation is 1. The number of methoxy groups -OCH3 is 1. The van der Waals surface area contributed by atoms with Crippen LogP contribution < -0.4 is 10.1 Å². The molecular formula is C12H16ClNO2. The van der Waals surface area contributed by atoms with Gasteiger partial charge >= 0.3 is 0 Å². The molecule has 88 valence electrons. The van der Waals surface area contributed by atoms with Crippen molar-refractivity contribution in [2.24, 2.45) is 0 Å². The second-order valence-electron chi connectivity index (χ2n) is 3.89. The molecule has 16 heavy (non-hydrogen) atoms. The van der Waals surface area contributed by atoms with Gasteiger partial charge in [0.25, 0.3) is 0 Å². The molecule has 1 heterocycles. The van der Waals surface area contributed by atoms with Gasteiger partial charge in [-0.15, -0.1) is 0 Å². The van der Waals surface area contributed by atoms with Crippen molar-refractivity contribution in [1.82, 2.24) is 5.32 Å². The maximum Gasteiger partial charge on any atom is 0.142 e. The van der Waals surface area contributed by atoms with Gasteiger partial charge in [-0.1, -0.05) is 17.7 Å². The number of ether oxygens (including phenoxy) is 2. The summed E-state index contributed by atoms with van der Waals surface area (Å²) < 4.78 is 10.9. The summed E-state index contributed by atoms with van der Waals surface area (Å²) in [5.74, 6) is 0.754. The molecule has 1 atom stereocenters. The van der Waals surface area contributed by atoms with Crippen molar-refractivity contribution in [2.45, 2.75) is 13.0 Å². The number of morpholine rings is 1. The van der Waals surface area contributed by atoms with E-state index in [1.54, 1.807) is 7.11 Å². The lowest BCUT2D eigenvalue weighted by molar-refractivity contribution is 0.0758. The highest BCUT2D eigenvalue weighted by atomic mass is 35.5. The van der Waals surface area contributed by atoms with Crippen molar-refractivity contribution in [2.75, 3.05) is 26.9 Å². The van der Waals surface area contributed by atoms with Crippen LogP contribution in [0.1, 0.15) is 17.2 Å². The fraction of sp³-hybridized carbons (Fsp3) is 0.500. The van der Waals surface area contributed by atoms with E-state index in [2.05, 4.69) is 12.2 Å². The number of nitrogens with one attached hydrogen (secondary N) is 1. The summed E-state index contributed by atoms with van der Waals surface area (Å²) in [4.78, 5) is 0. The first kappa shape index (κ1) is 11.7. The molecule has 0 aromatic heterocycles. The van der Waals surface area contributed by atoms with Gasteiger partial charge in [-0.25, -0.2) is 0 Å². The molecule has 1 aliphatic heterocycles. The van der Waals surface area contributed by atoms with Crippen LogP contribution in [-0.2, 0) is 4.74 Å². The van der Waals surface area contributed by atoms with Crippen LogP contribution in [0.4, 0.5) is 0 Å². The minimum Gasteiger partial charge on any atom is -0.495 e. The van der Waals surface area contributed by atoms with Crippen LogP contribution >= 0.6 is 11.6 Å². The van der Waals surface area contributed by atoms with Gasteiger partial charge in [0.2, 0.25) is 0 Å². The number of hydrogen-bond donors (Lipinski definition) is 1. The fourth-order valence-corrected chi connectivity index (χ4v) is 2.30. The van der Waals surface area contributed by atoms with Crippen LogP contribution in [0, 0.1) is 6.92 Å². The molecule has 3 nitrogen and oxygen atoms in total. The van der Waals surface area contributed by atoms with Crippen LogP contribution in [-0.4, -0.2) is 26.9 Å². The molecule has 0 spiro atoms. The normalized spacial score (nSPS) is 20.8. The van der Waals surface area contributed by atoms with E-state index in [0.29, 0.717) is 11.6 Å². The zero-order valence-corrected chi connectivity index (χ0v) is 10.3. The van der Waals surface area contributed by atoms with Crippen LogP contribution in [0.2, 0.25) is 5.02 Å². The second kappa shape index (κ2) is 5.04. The Morgan fingerprint density at radius 1 is 1.50 bits per heavy atom. The largest absolute Gasteiger partial charge is 0.495 e. The molecule has 1 aromatic carbocycles. The summed E-state index contributed by atoms with van der Waals surface area (Å²) in [6.07, 6.45) is 0. The van der Waals surface area contributed by atoms with Crippen molar-refractivity contribution in [1.29, 1.82) is 0 Å². The van der Waals surface area contributed by atoms with E-state index in [-0.39, 0.29) is 6.04 Å². The van der Waals surface area contributed by atoms with E-state index in [4.69, 9.17) is 21.1 Å². The van der Waals surface area contributed by atoms with Crippen molar-refractivity contribution in [3.8, 4) is 5.75 Å². The summed E-state index contributed by atoms with van der Waals surface area (Å²) in [6.45, 7) is 4.35. The van der Waals surface area contributed by atoms with Gasteiger partial charge in [0.05, 0.1) is 31.4 Å². The van der Waals surface area contributed by atoms with E-state index in [1.165, 1.54) is 5.56 Å². The molecule has 0 saturated carbocycles. The summed E-state index contributed by atoms with van der Waals surface area (Å²) in [6, 6.07) is 4.04. The molecule has 1 aromatic rings. The van der Waals surface area contributed by atoms with Gasteiger partial charge < -0.3 is 14.8 Å². The predicted octanol–water partition coefficient (Wildman–Crippen LogP) is 2.32. The lowest BCUT2D eigenvalue weighted by Gasteiger charge is -2.27. The number of rotatable bonds is 2. The monoisotopic (exact) mass is 241 g/mol. The highest BCUT2D eigenvalue weighted by Crippen LogP contribution is 2.35. The molecule has 0 aliphatic carbocycles. The topological polar surface area (TPSA) is 30.5 Å². The maximum absolute atomic E-state index is 6.13. The molecule has 1 saturated heterocycles. The minimum atomic E-state index is 0.169. The van der Waals surface area contributed by atoms with E-state index >= 15 is 0 Å². The van der Waals surface area contributed by atoms with E-state index in [1.807, 2.05) is 12.1 Å². The highest BCUT2D eigenvalue weighted by molar-refractivity contribution is 6.32. The first-order chi connectivity index (χ1) is 7.74. The van der Waals surface area contributed by atoms with E-state index in [0.717, 1.165) is 24.5 Å². The van der Waals surface area contributed by atoms with E-state index < -0.39 is 0 Å². The van der Waals surface area contributed by atoms with Gasteiger partial charge in [-0.3, -0.25) is 0 Å². The number of halogens is 1. The van der Waals surface area contributed by atoms with Gasteiger partial charge in [-0.05, 0) is 18.6 Å². The Hall–Kier alpha value is -0.770. The van der Waals surface area contributed by atoms with E-state index in [9.17, 15) is 0 Å². The number of hydrogen-bond acceptors (Lipinski definition) is 3. The predicted molar refractivity (Wildman–Crippen MR) is 64.3 cm³/mol. The van der Waals surface area contributed by atoms with Crippen molar-refractivity contribution in [3.05, 3.63) is 28.3 Å². The highest BCUT2D eigenvalue weighted by Gasteiger charge is 2.22. The lowest BCUT2D eigenvalue weighted by atomic mass is 10.00. The summed E-state index contributed by atoms with van der Waals surface area (Å²) in [5, 5.41) is 4.06. The third-order valence-corrected chi connectivity index (χ3v) is 3.14. The fourth-order valence-electron chi connectivity index (χ4n) is 2.06. The zero-order valence-electron chi connectivity index (χ0n) is 9.55. The SMILES string of the molecule is COc1c(Cl)ccc(C)c1C1COCCN1. The summed E-state index contributed by atoms with van der Waals surface area (Å²) in [7, 11) is 1.65. The Morgan fingerprint density at radius 2 is 2.31 bits per heavy atom. The average Bonchev–Trinajstić information content (AvgIpc) is 2.33. The van der Waals surface area contributed by atoms with Crippen molar-refractivity contribution >= 4 is 11.6 Å². The molecule has 0 amide bonds. The van der Waals surface area contributed by atoms with Gasteiger partial charge in [0, 0.05) is 12.1 Å². The van der Waals surface area contributed by atoms with Crippen LogP contribution in [0.5, 0.6) is 5.75 Å². The van der Waals surface area contributed by atoms with Crippen molar-refractivity contribution in [3.63, 3.8) is 0 Å². The molecule has 1 unspecified atom stereocenters. The summed E-state index contributed by atoms with van der Waals surface area (Å²) in [5.41, 5.74) is 2.28. The molecule has 0 bridgehead atoms. The minimum absolute atomic E-state index is 0.169. The second-order valence-corrected chi connectivity index (χ2v) is 4.30. The molecule has 1 fully saturated rings. The van der Waals surface area contributed by atoms with Gasteiger partial charge in [-0.2, -0.15) is 0 Å². The maximum atomic E-state index is 6.13. The third kappa shape index (κ3) is 2.17. The van der Waals surface area contributed by atoms with Crippen LogP contribution in [0.25, 0.3) is 0 Å². The Labute approximate surface area is 101 Å². The van der Waals surface area contributed by atoms with Crippen molar-refractivity contribution < 1.29 is 9.47 Å². The molecule has 4 heteroatoms. The third-order valence-electron chi connectivity index (χ3n) is 2.84.